The molecule has 29 heavy (non-hydrogen) atoms. The van der Waals surface area contributed by atoms with E-state index >= 15 is 0 Å². The molecule has 0 spiro atoms. The highest BCUT2D eigenvalue weighted by molar-refractivity contribution is 7.89. The lowest BCUT2D eigenvalue weighted by Crippen LogP contribution is -2.46. The number of nitrogens with one attached hydrogen (secondary N) is 1. The van der Waals surface area contributed by atoms with Crippen LogP contribution in [0.3, 0.4) is 0 Å². The Morgan fingerprint density at radius 1 is 1.14 bits per heavy atom. The first-order valence-corrected chi connectivity index (χ1v) is 10.4. The highest BCUT2D eigenvalue weighted by atomic mass is 35.5. The SMILES string of the molecule is CN(CC(=O)NC(C)(C)C)C(=O)COC(=O)c1ccc(Cl)c(S(=O)(=O)N(C)C)c1. The number of esters is 1. The van der Waals surface area contributed by atoms with E-state index in [2.05, 4.69) is 5.32 Å². The summed E-state index contributed by atoms with van der Waals surface area (Å²) in [6.45, 7) is 4.64. The van der Waals surface area contributed by atoms with Gasteiger partial charge in [0.25, 0.3) is 5.91 Å². The number of ether oxygens (including phenoxy) is 1. The molecule has 11 heteroatoms. The number of rotatable bonds is 7. The highest BCUT2D eigenvalue weighted by Gasteiger charge is 2.24. The van der Waals surface area contributed by atoms with E-state index in [0.29, 0.717) is 0 Å². The van der Waals surface area contributed by atoms with Gasteiger partial charge in [0, 0.05) is 26.7 Å². The van der Waals surface area contributed by atoms with Crippen molar-refractivity contribution in [3.05, 3.63) is 28.8 Å². The second kappa shape index (κ2) is 9.55. The number of likely N-dealkylation sites (N-methyl/N-ethyl adjacent to an activating group) is 1. The second-order valence-corrected chi connectivity index (χ2v) is 10.1. The zero-order valence-corrected chi connectivity index (χ0v) is 18.8. The van der Waals surface area contributed by atoms with Crippen LogP contribution in [-0.4, -0.2) is 75.2 Å². The monoisotopic (exact) mass is 447 g/mol. The molecule has 0 heterocycles. The van der Waals surface area contributed by atoms with Gasteiger partial charge in [-0.25, -0.2) is 17.5 Å². The summed E-state index contributed by atoms with van der Waals surface area (Å²) in [5, 5.41) is 2.67. The van der Waals surface area contributed by atoms with Crippen LogP contribution in [0.15, 0.2) is 23.1 Å². The van der Waals surface area contributed by atoms with Crippen molar-refractivity contribution in [3.63, 3.8) is 0 Å². The molecule has 0 unspecified atom stereocenters. The number of carbonyl (C=O) groups excluding carboxylic acids is 3. The Bertz CT molecular complexity index is 893. The van der Waals surface area contributed by atoms with Crippen molar-refractivity contribution in [3.8, 4) is 0 Å². The van der Waals surface area contributed by atoms with Gasteiger partial charge in [-0.3, -0.25) is 9.59 Å². The van der Waals surface area contributed by atoms with Gasteiger partial charge in [-0.1, -0.05) is 11.6 Å². The Labute approximate surface area is 176 Å². The van der Waals surface area contributed by atoms with Gasteiger partial charge < -0.3 is 15.0 Å². The van der Waals surface area contributed by atoms with E-state index in [1.807, 2.05) is 20.8 Å². The molecule has 0 aliphatic rings. The third-order valence-electron chi connectivity index (χ3n) is 3.57. The third kappa shape index (κ3) is 7.30. The Balaban J connectivity index is 2.78. The van der Waals surface area contributed by atoms with Crippen molar-refractivity contribution in [2.45, 2.75) is 31.2 Å². The van der Waals surface area contributed by atoms with Gasteiger partial charge in [0.15, 0.2) is 6.61 Å². The van der Waals surface area contributed by atoms with Crippen molar-refractivity contribution in [1.29, 1.82) is 0 Å². The predicted molar refractivity (Wildman–Crippen MR) is 108 cm³/mol. The maximum atomic E-state index is 12.3. The molecular weight excluding hydrogens is 422 g/mol. The van der Waals surface area contributed by atoms with Crippen LogP contribution in [-0.2, 0) is 24.3 Å². The summed E-state index contributed by atoms with van der Waals surface area (Å²) in [5.41, 5.74) is -0.511. The first kappa shape index (κ1) is 24.9. The van der Waals surface area contributed by atoms with Crippen molar-refractivity contribution in [2.75, 3.05) is 34.3 Å². The molecule has 0 radical (unpaired) electrons. The summed E-state index contributed by atoms with van der Waals surface area (Å²) in [7, 11) is 0.211. The smallest absolute Gasteiger partial charge is 0.338 e. The number of benzene rings is 1. The fraction of sp³-hybridized carbons (Fsp3) is 0.500. The molecular formula is C18H26ClN3O6S. The van der Waals surface area contributed by atoms with Crippen LogP contribution in [0.2, 0.25) is 5.02 Å². The quantitative estimate of drug-likeness (QED) is 0.626. The largest absolute Gasteiger partial charge is 0.452 e. The number of nitrogens with zero attached hydrogens (tertiary/aromatic N) is 2. The van der Waals surface area contributed by atoms with E-state index in [4.69, 9.17) is 16.3 Å². The van der Waals surface area contributed by atoms with E-state index < -0.39 is 34.0 Å². The maximum Gasteiger partial charge on any atom is 0.338 e. The van der Waals surface area contributed by atoms with Crippen molar-refractivity contribution < 1.29 is 27.5 Å². The summed E-state index contributed by atoms with van der Waals surface area (Å²) >= 11 is 5.94. The van der Waals surface area contributed by atoms with Crippen molar-refractivity contribution in [2.24, 2.45) is 0 Å². The number of hydrogen-bond donors (Lipinski definition) is 1. The molecule has 9 nitrogen and oxygen atoms in total. The van der Waals surface area contributed by atoms with Gasteiger partial charge in [-0.15, -0.1) is 0 Å². The van der Waals surface area contributed by atoms with Gasteiger partial charge in [0.05, 0.1) is 17.1 Å². The van der Waals surface area contributed by atoms with E-state index in [1.165, 1.54) is 33.3 Å². The lowest BCUT2D eigenvalue weighted by molar-refractivity contribution is -0.137. The lowest BCUT2D eigenvalue weighted by atomic mass is 10.1. The van der Waals surface area contributed by atoms with E-state index in [9.17, 15) is 22.8 Å². The minimum absolute atomic E-state index is 0.0454. The molecule has 0 saturated carbocycles. The average Bonchev–Trinajstić information content (AvgIpc) is 2.57. The molecule has 1 rings (SSSR count). The number of sulfonamides is 1. The Hall–Kier alpha value is -2.17. The first-order valence-electron chi connectivity index (χ1n) is 8.59. The molecule has 1 aromatic carbocycles. The van der Waals surface area contributed by atoms with Crippen LogP contribution in [0.5, 0.6) is 0 Å². The van der Waals surface area contributed by atoms with Gasteiger partial charge in [0.2, 0.25) is 15.9 Å². The molecule has 0 bridgehead atoms. The van der Waals surface area contributed by atoms with Crippen LogP contribution >= 0.6 is 11.6 Å². The minimum Gasteiger partial charge on any atom is -0.452 e. The molecule has 162 valence electrons. The molecule has 0 atom stereocenters. The van der Waals surface area contributed by atoms with Gasteiger partial charge >= 0.3 is 5.97 Å². The summed E-state index contributed by atoms with van der Waals surface area (Å²) in [6.07, 6.45) is 0. The number of carbonyl (C=O) groups is 3. The zero-order chi connectivity index (χ0) is 22.6. The van der Waals surface area contributed by atoms with Gasteiger partial charge in [-0.2, -0.15) is 0 Å². The Morgan fingerprint density at radius 3 is 2.24 bits per heavy atom. The fourth-order valence-electron chi connectivity index (χ4n) is 2.11. The number of halogens is 1. The van der Waals surface area contributed by atoms with Crippen LogP contribution < -0.4 is 5.32 Å². The third-order valence-corrected chi connectivity index (χ3v) is 5.87. The van der Waals surface area contributed by atoms with Crippen molar-refractivity contribution >= 4 is 39.4 Å². The highest BCUT2D eigenvalue weighted by Crippen LogP contribution is 2.25. The maximum absolute atomic E-state index is 12.3. The molecule has 1 N–H and O–H groups in total. The Kier molecular flexibility index (Phi) is 8.19. The summed E-state index contributed by atoms with van der Waals surface area (Å²) in [6, 6.07) is 3.65. The number of hydrogen-bond acceptors (Lipinski definition) is 6. The van der Waals surface area contributed by atoms with E-state index in [-0.39, 0.29) is 27.9 Å². The van der Waals surface area contributed by atoms with Crippen LogP contribution in [0.4, 0.5) is 0 Å². The first-order chi connectivity index (χ1) is 13.1. The summed E-state index contributed by atoms with van der Waals surface area (Å²) in [4.78, 5) is 37.1. The second-order valence-electron chi connectivity index (χ2n) is 7.56. The predicted octanol–water partition coefficient (Wildman–Crippen LogP) is 1.12. The summed E-state index contributed by atoms with van der Waals surface area (Å²) < 4.78 is 30.5. The van der Waals surface area contributed by atoms with Crippen molar-refractivity contribution in [1.82, 2.24) is 14.5 Å². The molecule has 0 fully saturated rings. The lowest BCUT2D eigenvalue weighted by Gasteiger charge is -2.23. The topological polar surface area (TPSA) is 113 Å². The average molecular weight is 448 g/mol. The molecule has 0 aliphatic carbocycles. The Morgan fingerprint density at radius 2 is 1.72 bits per heavy atom. The van der Waals surface area contributed by atoms with E-state index in [1.54, 1.807) is 0 Å². The molecule has 0 aliphatic heterocycles. The molecule has 1 aromatic rings. The van der Waals surface area contributed by atoms with Crippen LogP contribution in [0, 0.1) is 0 Å². The standard InChI is InChI=1S/C18H26ClN3O6S/c1-18(2,3)20-15(23)10-22(6)16(24)11-28-17(25)12-7-8-13(19)14(9-12)29(26,27)21(4)5/h7-9H,10-11H2,1-6H3,(H,20,23). The van der Waals surface area contributed by atoms with Gasteiger partial charge in [0.1, 0.15) is 4.90 Å². The zero-order valence-electron chi connectivity index (χ0n) is 17.3. The van der Waals surface area contributed by atoms with Gasteiger partial charge in [-0.05, 0) is 39.0 Å². The normalized spacial score (nSPS) is 11.9. The summed E-state index contributed by atoms with van der Waals surface area (Å²) in [5.74, 6) is -1.83. The molecule has 2 amide bonds. The molecule has 0 saturated heterocycles. The van der Waals surface area contributed by atoms with Crippen LogP contribution in [0.1, 0.15) is 31.1 Å². The fourth-order valence-corrected chi connectivity index (χ4v) is 3.50. The minimum atomic E-state index is -3.86. The molecule has 0 aromatic heterocycles. The van der Waals surface area contributed by atoms with E-state index in [0.717, 1.165) is 15.3 Å². The van der Waals surface area contributed by atoms with Crippen LogP contribution in [0.25, 0.3) is 0 Å². The number of amides is 2.